The Hall–Kier alpha value is -1.09. The molecular weight excluding hydrogens is 253 g/mol. The summed E-state index contributed by atoms with van der Waals surface area (Å²) in [5.74, 6) is 0.539. The third kappa shape index (κ3) is 3.32. The fourth-order valence-electron chi connectivity index (χ4n) is 3.24. The van der Waals surface area contributed by atoms with Gasteiger partial charge in [0.1, 0.15) is 11.6 Å². The zero-order chi connectivity index (χ0) is 14.8. The van der Waals surface area contributed by atoms with Crippen LogP contribution in [-0.2, 0) is 0 Å². The molecule has 1 fully saturated rings. The first-order chi connectivity index (χ1) is 9.44. The molecule has 1 aromatic carbocycles. The van der Waals surface area contributed by atoms with E-state index in [0.29, 0.717) is 11.5 Å². The maximum atomic E-state index is 13.5. The molecule has 1 aliphatic carbocycles. The Balaban J connectivity index is 2.15. The SMILES string of the molecule is COc1ccc(F)cc1C(C)NC1CCCCC1(C)C. The van der Waals surface area contributed by atoms with Gasteiger partial charge in [-0.1, -0.05) is 26.7 Å². The van der Waals surface area contributed by atoms with Crippen molar-refractivity contribution in [3.8, 4) is 5.75 Å². The molecule has 20 heavy (non-hydrogen) atoms. The second kappa shape index (κ2) is 6.13. The van der Waals surface area contributed by atoms with Gasteiger partial charge in [-0.05, 0) is 43.4 Å². The Bertz CT molecular complexity index is 458. The summed E-state index contributed by atoms with van der Waals surface area (Å²) in [6.45, 7) is 6.72. The van der Waals surface area contributed by atoms with Crippen molar-refractivity contribution in [2.45, 2.75) is 58.5 Å². The Morgan fingerprint density at radius 2 is 2.10 bits per heavy atom. The van der Waals surface area contributed by atoms with Crippen molar-refractivity contribution in [3.05, 3.63) is 29.6 Å². The second-order valence-electron chi connectivity index (χ2n) is 6.56. The predicted molar refractivity (Wildman–Crippen MR) is 80.5 cm³/mol. The first-order valence-electron chi connectivity index (χ1n) is 7.53. The van der Waals surface area contributed by atoms with Gasteiger partial charge in [0.2, 0.25) is 0 Å². The van der Waals surface area contributed by atoms with Gasteiger partial charge in [0.25, 0.3) is 0 Å². The number of methoxy groups -OCH3 is 1. The molecule has 2 nitrogen and oxygen atoms in total. The third-order valence-corrected chi connectivity index (χ3v) is 4.62. The van der Waals surface area contributed by atoms with Gasteiger partial charge in [-0.15, -0.1) is 0 Å². The maximum Gasteiger partial charge on any atom is 0.123 e. The molecule has 0 aromatic heterocycles. The van der Waals surface area contributed by atoms with Gasteiger partial charge in [-0.25, -0.2) is 4.39 Å². The van der Waals surface area contributed by atoms with Gasteiger partial charge in [-0.3, -0.25) is 0 Å². The van der Waals surface area contributed by atoms with E-state index in [4.69, 9.17) is 4.74 Å². The van der Waals surface area contributed by atoms with E-state index in [-0.39, 0.29) is 11.9 Å². The van der Waals surface area contributed by atoms with E-state index in [1.807, 2.05) is 0 Å². The largest absolute Gasteiger partial charge is 0.496 e. The van der Waals surface area contributed by atoms with Gasteiger partial charge in [0.15, 0.2) is 0 Å². The minimum absolute atomic E-state index is 0.0861. The molecule has 1 aliphatic rings. The number of rotatable bonds is 4. The molecule has 0 bridgehead atoms. The van der Waals surface area contributed by atoms with Crippen LogP contribution in [0.2, 0.25) is 0 Å². The Morgan fingerprint density at radius 1 is 1.35 bits per heavy atom. The lowest BCUT2D eigenvalue weighted by Gasteiger charge is -2.41. The molecule has 0 amide bonds. The van der Waals surface area contributed by atoms with Crippen LogP contribution in [0, 0.1) is 11.2 Å². The summed E-state index contributed by atoms with van der Waals surface area (Å²) in [4.78, 5) is 0. The molecule has 1 aromatic rings. The molecule has 2 atom stereocenters. The van der Waals surface area contributed by atoms with Gasteiger partial charge >= 0.3 is 0 Å². The van der Waals surface area contributed by atoms with Crippen LogP contribution in [-0.4, -0.2) is 13.2 Å². The van der Waals surface area contributed by atoms with Crippen LogP contribution in [0.15, 0.2) is 18.2 Å². The van der Waals surface area contributed by atoms with E-state index >= 15 is 0 Å². The summed E-state index contributed by atoms with van der Waals surface area (Å²) in [6.07, 6.45) is 5.02. The van der Waals surface area contributed by atoms with Crippen LogP contribution < -0.4 is 10.1 Å². The minimum Gasteiger partial charge on any atom is -0.496 e. The summed E-state index contributed by atoms with van der Waals surface area (Å²) in [6, 6.07) is 5.28. The van der Waals surface area contributed by atoms with E-state index in [1.165, 1.54) is 31.7 Å². The van der Waals surface area contributed by atoms with Crippen LogP contribution in [0.3, 0.4) is 0 Å². The van der Waals surface area contributed by atoms with Crippen molar-refractivity contribution in [1.82, 2.24) is 5.32 Å². The van der Waals surface area contributed by atoms with Crippen LogP contribution in [0.5, 0.6) is 5.75 Å². The number of benzene rings is 1. The number of ether oxygens (including phenoxy) is 1. The number of hydrogen-bond acceptors (Lipinski definition) is 2. The lowest BCUT2D eigenvalue weighted by Crippen LogP contribution is -2.45. The lowest BCUT2D eigenvalue weighted by molar-refractivity contribution is 0.157. The third-order valence-electron chi connectivity index (χ3n) is 4.62. The molecule has 0 heterocycles. The first kappa shape index (κ1) is 15.3. The molecule has 1 saturated carbocycles. The van der Waals surface area contributed by atoms with E-state index in [0.717, 1.165) is 11.3 Å². The van der Waals surface area contributed by atoms with Crippen molar-refractivity contribution >= 4 is 0 Å². The number of hydrogen-bond donors (Lipinski definition) is 1. The van der Waals surface area contributed by atoms with E-state index in [9.17, 15) is 4.39 Å². The van der Waals surface area contributed by atoms with Crippen molar-refractivity contribution in [1.29, 1.82) is 0 Å². The topological polar surface area (TPSA) is 21.3 Å². The quantitative estimate of drug-likeness (QED) is 0.879. The first-order valence-corrected chi connectivity index (χ1v) is 7.53. The second-order valence-corrected chi connectivity index (χ2v) is 6.56. The minimum atomic E-state index is -0.211. The summed E-state index contributed by atoms with van der Waals surface area (Å²) in [7, 11) is 1.63. The van der Waals surface area contributed by atoms with E-state index < -0.39 is 0 Å². The smallest absolute Gasteiger partial charge is 0.123 e. The molecule has 112 valence electrons. The summed E-state index contributed by atoms with van der Waals surface area (Å²) < 4.78 is 18.8. The molecule has 0 spiro atoms. The van der Waals surface area contributed by atoms with Gasteiger partial charge in [0, 0.05) is 17.6 Å². The predicted octanol–water partition coefficient (Wildman–Crippen LogP) is 4.45. The molecule has 2 rings (SSSR count). The summed E-state index contributed by atoms with van der Waals surface area (Å²) >= 11 is 0. The van der Waals surface area contributed by atoms with Gasteiger partial charge in [-0.2, -0.15) is 0 Å². The number of nitrogens with one attached hydrogen (secondary N) is 1. The molecule has 3 heteroatoms. The van der Waals surface area contributed by atoms with E-state index in [1.54, 1.807) is 19.2 Å². The highest BCUT2D eigenvalue weighted by Gasteiger charge is 2.33. The Labute approximate surface area is 121 Å². The highest BCUT2D eigenvalue weighted by molar-refractivity contribution is 5.36. The monoisotopic (exact) mass is 279 g/mol. The van der Waals surface area contributed by atoms with Gasteiger partial charge in [0.05, 0.1) is 7.11 Å². The summed E-state index contributed by atoms with van der Waals surface area (Å²) in [5, 5.41) is 3.68. The average molecular weight is 279 g/mol. The van der Waals surface area contributed by atoms with Crippen molar-refractivity contribution in [3.63, 3.8) is 0 Å². The van der Waals surface area contributed by atoms with Crippen LogP contribution in [0.1, 0.15) is 58.1 Å². The lowest BCUT2D eigenvalue weighted by atomic mass is 9.73. The zero-order valence-corrected chi connectivity index (χ0v) is 13.0. The molecular formula is C17H26FNO. The average Bonchev–Trinajstić information content (AvgIpc) is 2.41. The van der Waals surface area contributed by atoms with E-state index in [2.05, 4.69) is 26.1 Å². The molecule has 0 aliphatic heterocycles. The van der Waals surface area contributed by atoms with Crippen molar-refractivity contribution in [2.24, 2.45) is 5.41 Å². The molecule has 1 N–H and O–H groups in total. The maximum absolute atomic E-state index is 13.5. The van der Waals surface area contributed by atoms with Crippen LogP contribution in [0.4, 0.5) is 4.39 Å². The number of halogens is 1. The molecule has 2 unspecified atom stereocenters. The van der Waals surface area contributed by atoms with Gasteiger partial charge < -0.3 is 10.1 Å². The zero-order valence-electron chi connectivity index (χ0n) is 13.0. The standard InChI is InChI=1S/C17H26FNO/c1-12(14-11-13(18)8-9-15(14)20-4)19-16-7-5-6-10-17(16,2)3/h8-9,11-12,16,19H,5-7,10H2,1-4H3. The van der Waals surface area contributed by atoms with Crippen molar-refractivity contribution in [2.75, 3.05) is 7.11 Å². The Morgan fingerprint density at radius 3 is 2.75 bits per heavy atom. The molecule has 0 radical (unpaired) electrons. The normalized spacial score (nSPS) is 23.4. The highest BCUT2D eigenvalue weighted by Crippen LogP contribution is 2.37. The fourth-order valence-corrected chi connectivity index (χ4v) is 3.24. The highest BCUT2D eigenvalue weighted by atomic mass is 19.1. The van der Waals surface area contributed by atoms with Crippen LogP contribution >= 0.6 is 0 Å². The van der Waals surface area contributed by atoms with Crippen molar-refractivity contribution < 1.29 is 9.13 Å². The fraction of sp³-hybridized carbons (Fsp3) is 0.647. The molecule has 0 saturated heterocycles. The Kier molecular flexibility index (Phi) is 4.69. The van der Waals surface area contributed by atoms with Crippen LogP contribution in [0.25, 0.3) is 0 Å². The summed E-state index contributed by atoms with van der Waals surface area (Å²) in [5.41, 5.74) is 1.20.